The molecule has 2 N–H and O–H groups in total. The van der Waals surface area contributed by atoms with E-state index in [-0.39, 0.29) is 17.6 Å². The van der Waals surface area contributed by atoms with Gasteiger partial charge in [0.1, 0.15) is 5.56 Å². The maximum absolute atomic E-state index is 12.8. The van der Waals surface area contributed by atoms with Crippen LogP contribution < -0.4 is 16.1 Å². The number of ether oxygens (including phenoxy) is 1. The molecule has 2 aromatic rings. The van der Waals surface area contributed by atoms with Crippen molar-refractivity contribution in [2.24, 2.45) is 0 Å². The van der Waals surface area contributed by atoms with Crippen LogP contribution in [0.4, 0.5) is 11.4 Å². The molecule has 1 aromatic heterocycles. The Bertz CT molecular complexity index is 893. The van der Waals surface area contributed by atoms with Crippen LogP contribution in [-0.4, -0.2) is 30.2 Å². The van der Waals surface area contributed by atoms with Gasteiger partial charge < -0.3 is 19.9 Å². The molecule has 0 amide bonds. The molecule has 2 fully saturated rings. The number of pyridine rings is 1. The Morgan fingerprint density at radius 2 is 2.00 bits per heavy atom. The number of nitrogens with two attached hydrogens (primary N) is 1. The lowest BCUT2D eigenvalue weighted by Gasteiger charge is -2.22. The fourth-order valence-corrected chi connectivity index (χ4v) is 3.64. The van der Waals surface area contributed by atoms with Crippen LogP contribution in [0.2, 0.25) is 0 Å². The molecule has 2 heterocycles. The lowest BCUT2D eigenvalue weighted by molar-refractivity contribution is 0.0524. The van der Waals surface area contributed by atoms with Gasteiger partial charge in [-0.1, -0.05) is 0 Å². The molecule has 0 spiro atoms. The summed E-state index contributed by atoms with van der Waals surface area (Å²) < 4.78 is 7.11. The third-order valence-corrected chi connectivity index (χ3v) is 5.06. The summed E-state index contributed by atoms with van der Waals surface area (Å²) in [5, 5.41) is 0.498. The second-order valence-electron chi connectivity index (χ2n) is 6.85. The number of esters is 1. The number of anilines is 2. The Morgan fingerprint density at radius 3 is 2.64 bits per heavy atom. The summed E-state index contributed by atoms with van der Waals surface area (Å²) >= 11 is 0. The Morgan fingerprint density at radius 1 is 1.28 bits per heavy atom. The maximum Gasteiger partial charge on any atom is 0.343 e. The Hall–Kier alpha value is -2.50. The van der Waals surface area contributed by atoms with E-state index in [9.17, 15) is 9.59 Å². The fraction of sp³-hybridized carbons (Fsp3) is 0.474. The molecule has 1 aliphatic heterocycles. The minimum Gasteiger partial charge on any atom is -0.462 e. The quantitative estimate of drug-likeness (QED) is 0.683. The van der Waals surface area contributed by atoms with Crippen LogP contribution in [0.25, 0.3) is 10.9 Å². The maximum atomic E-state index is 12.8. The first kappa shape index (κ1) is 16.0. The molecular weight excluding hydrogens is 318 g/mol. The number of fused-ring (bicyclic) bond motifs is 1. The monoisotopic (exact) mass is 341 g/mol. The van der Waals surface area contributed by atoms with E-state index in [1.807, 2.05) is 6.07 Å². The molecule has 0 bridgehead atoms. The van der Waals surface area contributed by atoms with E-state index >= 15 is 0 Å². The summed E-state index contributed by atoms with van der Waals surface area (Å²) in [5.41, 5.74) is 8.49. The number of benzene rings is 1. The highest BCUT2D eigenvalue weighted by Crippen LogP contribution is 2.39. The van der Waals surface area contributed by atoms with Crippen LogP contribution in [0.3, 0.4) is 0 Å². The molecule has 0 atom stereocenters. The second-order valence-corrected chi connectivity index (χ2v) is 6.85. The molecule has 1 saturated carbocycles. The first-order chi connectivity index (χ1) is 12.1. The van der Waals surface area contributed by atoms with Gasteiger partial charge in [-0.2, -0.15) is 0 Å². The predicted molar refractivity (Wildman–Crippen MR) is 98.3 cm³/mol. The van der Waals surface area contributed by atoms with E-state index in [1.165, 1.54) is 0 Å². The minimum atomic E-state index is -0.564. The van der Waals surface area contributed by atoms with Gasteiger partial charge in [-0.25, -0.2) is 4.79 Å². The van der Waals surface area contributed by atoms with Crippen LogP contribution >= 0.6 is 0 Å². The van der Waals surface area contributed by atoms with Crippen LogP contribution in [0.1, 0.15) is 49.0 Å². The van der Waals surface area contributed by atoms with E-state index in [0.717, 1.165) is 50.0 Å². The van der Waals surface area contributed by atoms with Crippen molar-refractivity contribution < 1.29 is 9.53 Å². The lowest BCUT2D eigenvalue weighted by Crippen LogP contribution is -2.23. The minimum absolute atomic E-state index is 0.0922. The topological polar surface area (TPSA) is 77.6 Å². The summed E-state index contributed by atoms with van der Waals surface area (Å²) in [5.74, 6) is -0.564. The molecule has 2 aliphatic rings. The first-order valence-electron chi connectivity index (χ1n) is 9.00. The summed E-state index contributed by atoms with van der Waals surface area (Å²) in [6, 6.07) is 4.09. The van der Waals surface area contributed by atoms with Crippen molar-refractivity contribution in [2.45, 2.75) is 38.6 Å². The molecule has 0 unspecified atom stereocenters. The van der Waals surface area contributed by atoms with Crippen molar-refractivity contribution in [3.8, 4) is 0 Å². The van der Waals surface area contributed by atoms with Gasteiger partial charge in [-0.05, 0) is 44.7 Å². The smallest absolute Gasteiger partial charge is 0.343 e. The third kappa shape index (κ3) is 2.75. The summed E-state index contributed by atoms with van der Waals surface area (Å²) in [4.78, 5) is 27.3. The Labute approximate surface area is 146 Å². The second kappa shape index (κ2) is 6.10. The Kier molecular flexibility index (Phi) is 3.90. The fourth-order valence-electron chi connectivity index (χ4n) is 3.64. The van der Waals surface area contributed by atoms with Crippen LogP contribution in [0.15, 0.2) is 23.1 Å². The standard InChI is InChI=1S/C19H23N3O3/c1-2-25-19(24)14-11-22(12-5-6-12)16-10-17(21-7-3-4-8-21)15(20)9-13(16)18(14)23/h9-12H,2-8,20H2,1H3. The van der Waals surface area contributed by atoms with Crippen molar-refractivity contribution in [1.82, 2.24) is 4.57 Å². The van der Waals surface area contributed by atoms with Gasteiger partial charge in [0.25, 0.3) is 0 Å². The van der Waals surface area contributed by atoms with Crippen molar-refractivity contribution in [3.63, 3.8) is 0 Å². The molecule has 4 rings (SSSR count). The van der Waals surface area contributed by atoms with E-state index in [2.05, 4.69) is 9.47 Å². The van der Waals surface area contributed by atoms with Gasteiger partial charge in [-0.3, -0.25) is 4.79 Å². The molecule has 132 valence electrons. The number of carbonyl (C=O) groups is 1. The van der Waals surface area contributed by atoms with E-state index < -0.39 is 5.97 Å². The zero-order valence-corrected chi connectivity index (χ0v) is 14.5. The zero-order valence-electron chi connectivity index (χ0n) is 14.5. The van der Waals surface area contributed by atoms with E-state index in [0.29, 0.717) is 17.1 Å². The Balaban J connectivity index is 1.93. The van der Waals surface area contributed by atoms with Crippen LogP contribution in [-0.2, 0) is 4.74 Å². The predicted octanol–water partition coefficient (Wildman–Crippen LogP) is 2.70. The van der Waals surface area contributed by atoms with Crippen LogP contribution in [0.5, 0.6) is 0 Å². The lowest BCUT2D eigenvalue weighted by atomic mass is 10.1. The van der Waals surface area contributed by atoms with Crippen molar-refractivity contribution in [1.29, 1.82) is 0 Å². The summed E-state index contributed by atoms with van der Waals surface area (Å²) in [7, 11) is 0. The number of hydrogen-bond donors (Lipinski definition) is 1. The van der Waals surface area contributed by atoms with Gasteiger partial charge in [0.2, 0.25) is 5.43 Å². The molecule has 25 heavy (non-hydrogen) atoms. The molecule has 6 heteroatoms. The number of rotatable bonds is 4. The molecule has 1 aromatic carbocycles. The average Bonchev–Trinajstić information content (AvgIpc) is 3.29. The van der Waals surface area contributed by atoms with Gasteiger partial charge in [0.05, 0.1) is 23.5 Å². The van der Waals surface area contributed by atoms with Gasteiger partial charge in [0, 0.05) is 30.7 Å². The highest BCUT2D eigenvalue weighted by molar-refractivity contribution is 5.96. The number of carbonyl (C=O) groups excluding carboxylic acids is 1. The largest absolute Gasteiger partial charge is 0.462 e. The van der Waals surface area contributed by atoms with E-state index in [1.54, 1.807) is 19.2 Å². The van der Waals surface area contributed by atoms with E-state index in [4.69, 9.17) is 10.5 Å². The van der Waals surface area contributed by atoms with Crippen molar-refractivity contribution in [3.05, 3.63) is 34.1 Å². The number of nitrogens with zero attached hydrogens (tertiary/aromatic N) is 2. The third-order valence-electron chi connectivity index (χ3n) is 5.06. The molecule has 0 radical (unpaired) electrons. The summed E-state index contributed by atoms with van der Waals surface area (Å²) in [6.07, 6.45) is 6.11. The van der Waals surface area contributed by atoms with Gasteiger partial charge >= 0.3 is 5.97 Å². The molecule has 1 aliphatic carbocycles. The normalized spacial score (nSPS) is 17.2. The number of hydrogen-bond acceptors (Lipinski definition) is 5. The molecule has 6 nitrogen and oxygen atoms in total. The highest BCUT2D eigenvalue weighted by atomic mass is 16.5. The SMILES string of the molecule is CCOC(=O)c1cn(C2CC2)c2cc(N3CCCC3)c(N)cc2c1=O. The first-order valence-corrected chi connectivity index (χ1v) is 9.00. The zero-order chi connectivity index (χ0) is 17.6. The molecule has 1 saturated heterocycles. The van der Waals surface area contributed by atoms with Crippen molar-refractivity contribution >= 4 is 28.2 Å². The van der Waals surface area contributed by atoms with Crippen LogP contribution in [0, 0.1) is 0 Å². The van der Waals surface area contributed by atoms with Gasteiger partial charge in [-0.15, -0.1) is 0 Å². The van der Waals surface area contributed by atoms with Gasteiger partial charge in [0.15, 0.2) is 0 Å². The van der Waals surface area contributed by atoms with Crippen molar-refractivity contribution in [2.75, 3.05) is 30.3 Å². The number of nitrogen functional groups attached to an aromatic ring is 1. The molecular formula is C19H23N3O3. The summed E-state index contributed by atoms with van der Waals surface area (Å²) in [6.45, 7) is 3.96. The average molecular weight is 341 g/mol. The number of aromatic nitrogens is 1. The highest BCUT2D eigenvalue weighted by Gasteiger charge is 2.28.